The van der Waals surface area contributed by atoms with Gasteiger partial charge in [0, 0.05) is 24.8 Å². The summed E-state index contributed by atoms with van der Waals surface area (Å²) >= 11 is 0. The van der Waals surface area contributed by atoms with Gasteiger partial charge in [0.15, 0.2) is 0 Å². The van der Waals surface area contributed by atoms with E-state index in [-0.39, 0.29) is 11.9 Å². The summed E-state index contributed by atoms with van der Waals surface area (Å²) in [5.74, 6) is -0.166. The number of hydrogen-bond acceptors (Lipinski definition) is 3. The summed E-state index contributed by atoms with van der Waals surface area (Å²) in [7, 11) is 0. The second-order valence-corrected chi connectivity index (χ2v) is 6.83. The third kappa shape index (κ3) is 3.27. The molecule has 1 saturated carbocycles. The van der Waals surface area contributed by atoms with E-state index in [2.05, 4.69) is 41.4 Å². The van der Waals surface area contributed by atoms with Gasteiger partial charge in [0.2, 0.25) is 0 Å². The number of hydrogen-bond donors (Lipinski definition) is 2. The van der Waals surface area contributed by atoms with Gasteiger partial charge in [-0.15, -0.1) is 0 Å². The van der Waals surface area contributed by atoms with Crippen LogP contribution in [0.1, 0.15) is 44.1 Å². The molecule has 0 spiro atoms. The Labute approximate surface area is 132 Å². The van der Waals surface area contributed by atoms with Gasteiger partial charge in [0.1, 0.15) is 5.60 Å². The van der Waals surface area contributed by atoms with Crippen molar-refractivity contribution in [3.8, 4) is 0 Å². The molecule has 1 aliphatic carbocycles. The normalized spacial score (nSPS) is 24.3. The number of rotatable bonds is 3. The molecule has 4 nitrogen and oxygen atoms in total. The van der Waals surface area contributed by atoms with Crippen LogP contribution in [0.25, 0.3) is 0 Å². The summed E-state index contributed by atoms with van der Waals surface area (Å²) in [6, 6.07) is 8.67. The Hall–Kier alpha value is -1.55. The van der Waals surface area contributed by atoms with Crippen LogP contribution in [0.4, 0.5) is 5.69 Å². The highest BCUT2D eigenvalue weighted by Crippen LogP contribution is 2.30. The maximum absolute atomic E-state index is 12.3. The van der Waals surface area contributed by atoms with Crippen molar-refractivity contribution in [3.05, 3.63) is 29.8 Å². The van der Waals surface area contributed by atoms with Gasteiger partial charge in [0.05, 0.1) is 0 Å². The largest absolute Gasteiger partial charge is 0.380 e. The molecular formula is C18H26N2O2. The number of amides is 1. The third-order valence-electron chi connectivity index (χ3n) is 5.01. The highest BCUT2D eigenvalue weighted by atomic mass is 16.3. The van der Waals surface area contributed by atoms with E-state index < -0.39 is 5.60 Å². The van der Waals surface area contributed by atoms with E-state index >= 15 is 0 Å². The van der Waals surface area contributed by atoms with E-state index in [1.165, 1.54) is 11.3 Å². The van der Waals surface area contributed by atoms with Gasteiger partial charge in [-0.25, -0.2) is 0 Å². The standard InChI is InChI=1S/C18H26N2O2/c1-14-6-8-16(9-7-14)20-12-4-5-15(13-20)19-17(21)18(22)10-2-3-11-18/h6-9,15,22H,2-5,10-13H2,1H3,(H,19,21). The van der Waals surface area contributed by atoms with Crippen molar-refractivity contribution in [3.63, 3.8) is 0 Å². The van der Waals surface area contributed by atoms with Crippen LogP contribution in [0.3, 0.4) is 0 Å². The highest BCUT2D eigenvalue weighted by molar-refractivity contribution is 5.85. The number of nitrogens with one attached hydrogen (secondary N) is 1. The predicted molar refractivity (Wildman–Crippen MR) is 88.0 cm³/mol. The van der Waals surface area contributed by atoms with E-state index in [4.69, 9.17) is 0 Å². The lowest BCUT2D eigenvalue weighted by Crippen LogP contribution is -2.53. The van der Waals surface area contributed by atoms with Gasteiger partial charge in [0.25, 0.3) is 5.91 Å². The summed E-state index contributed by atoms with van der Waals surface area (Å²) in [5, 5.41) is 13.5. The minimum absolute atomic E-state index is 0.132. The molecule has 3 rings (SSSR count). The average Bonchev–Trinajstić information content (AvgIpc) is 2.96. The molecule has 1 aromatic rings. The van der Waals surface area contributed by atoms with Crippen molar-refractivity contribution in [2.24, 2.45) is 0 Å². The number of nitrogens with zero attached hydrogens (tertiary/aromatic N) is 1. The minimum atomic E-state index is -1.12. The summed E-state index contributed by atoms with van der Waals surface area (Å²) in [6.45, 7) is 3.94. The maximum Gasteiger partial charge on any atom is 0.252 e. The van der Waals surface area contributed by atoms with Gasteiger partial charge < -0.3 is 15.3 Å². The van der Waals surface area contributed by atoms with Crippen molar-refractivity contribution in [2.75, 3.05) is 18.0 Å². The Morgan fingerprint density at radius 1 is 1.23 bits per heavy atom. The van der Waals surface area contributed by atoms with Gasteiger partial charge >= 0.3 is 0 Å². The van der Waals surface area contributed by atoms with Crippen molar-refractivity contribution in [2.45, 2.75) is 57.1 Å². The van der Waals surface area contributed by atoms with E-state index in [0.29, 0.717) is 12.8 Å². The average molecular weight is 302 g/mol. The van der Waals surface area contributed by atoms with Crippen molar-refractivity contribution < 1.29 is 9.90 Å². The number of piperidine rings is 1. The second kappa shape index (κ2) is 6.29. The topological polar surface area (TPSA) is 52.6 Å². The molecule has 1 aliphatic heterocycles. The fourth-order valence-corrected chi connectivity index (χ4v) is 3.59. The quantitative estimate of drug-likeness (QED) is 0.901. The first-order valence-electron chi connectivity index (χ1n) is 8.42. The SMILES string of the molecule is Cc1ccc(N2CCCC(NC(=O)C3(O)CCCC3)C2)cc1. The minimum Gasteiger partial charge on any atom is -0.380 e. The summed E-state index contributed by atoms with van der Waals surface area (Å²) in [4.78, 5) is 14.7. The fourth-order valence-electron chi connectivity index (χ4n) is 3.59. The van der Waals surface area contributed by atoms with Crippen LogP contribution in [0.5, 0.6) is 0 Å². The lowest BCUT2D eigenvalue weighted by Gasteiger charge is -2.36. The molecular weight excluding hydrogens is 276 g/mol. The van der Waals surface area contributed by atoms with E-state index in [1.54, 1.807) is 0 Å². The van der Waals surface area contributed by atoms with Crippen LogP contribution in [-0.2, 0) is 4.79 Å². The molecule has 2 N–H and O–H groups in total. The molecule has 1 heterocycles. The lowest BCUT2D eigenvalue weighted by molar-refractivity contribution is -0.140. The molecule has 0 radical (unpaired) electrons. The molecule has 4 heteroatoms. The first-order chi connectivity index (χ1) is 10.6. The van der Waals surface area contributed by atoms with Crippen LogP contribution >= 0.6 is 0 Å². The van der Waals surface area contributed by atoms with Crippen LogP contribution < -0.4 is 10.2 Å². The molecule has 0 bridgehead atoms. The number of benzene rings is 1. The summed E-state index contributed by atoms with van der Waals surface area (Å²) in [5.41, 5.74) is 1.35. The molecule has 1 unspecified atom stereocenters. The van der Waals surface area contributed by atoms with Gasteiger partial charge in [-0.05, 0) is 57.6 Å². The molecule has 2 fully saturated rings. The lowest BCUT2D eigenvalue weighted by atomic mass is 9.99. The number of anilines is 1. The first-order valence-corrected chi connectivity index (χ1v) is 8.42. The number of aliphatic hydroxyl groups is 1. The van der Waals surface area contributed by atoms with E-state index in [1.807, 2.05) is 0 Å². The highest BCUT2D eigenvalue weighted by Gasteiger charge is 2.39. The second-order valence-electron chi connectivity index (χ2n) is 6.83. The van der Waals surface area contributed by atoms with Gasteiger partial charge in [-0.1, -0.05) is 17.7 Å². The Morgan fingerprint density at radius 3 is 2.59 bits per heavy atom. The Balaban J connectivity index is 1.61. The molecule has 0 aromatic heterocycles. The van der Waals surface area contributed by atoms with Crippen LogP contribution in [0, 0.1) is 6.92 Å². The molecule has 22 heavy (non-hydrogen) atoms. The monoisotopic (exact) mass is 302 g/mol. The van der Waals surface area contributed by atoms with Crippen LogP contribution in [-0.4, -0.2) is 35.7 Å². The molecule has 1 aromatic carbocycles. The first kappa shape index (κ1) is 15.3. The zero-order chi connectivity index (χ0) is 15.6. The smallest absolute Gasteiger partial charge is 0.252 e. The Bertz CT molecular complexity index is 520. The zero-order valence-corrected chi connectivity index (χ0v) is 13.3. The Kier molecular flexibility index (Phi) is 4.39. The van der Waals surface area contributed by atoms with Gasteiger partial charge in [-0.3, -0.25) is 4.79 Å². The van der Waals surface area contributed by atoms with Gasteiger partial charge in [-0.2, -0.15) is 0 Å². The van der Waals surface area contributed by atoms with E-state index in [0.717, 1.165) is 38.8 Å². The van der Waals surface area contributed by atoms with Crippen LogP contribution in [0.2, 0.25) is 0 Å². The zero-order valence-electron chi connectivity index (χ0n) is 13.3. The summed E-state index contributed by atoms with van der Waals surface area (Å²) in [6.07, 6.45) is 5.16. The van der Waals surface area contributed by atoms with Crippen molar-refractivity contribution in [1.29, 1.82) is 0 Å². The predicted octanol–water partition coefficient (Wildman–Crippen LogP) is 2.39. The number of carbonyl (C=O) groups is 1. The molecule has 2 aliphatic rings. The molecule has 1 saturated heterocycles. The molecule has 1 atom stereocenters. The van der Waals surface area contributed by atoms with Crippen LogP contribution in [0.15, 0.2) is 24.3 Å². The number of aryl methyl sites for hydroxylation is 1. The molecule has 120 valence electrons. The Morgan fingerprint density at radius 2 is 1.91 bits per heavy atom. The number of carbonyl (C=O) groups excluding carboxylic acids is 1. The molecule has 1 amide bonds. The van der Waals surface area contributed by atoms with Crippen molar-refractivity contribution in [1.82, 2.24) is 5.32 Å². The third-order valence-corrected chi connectivity index (χ3v) is 5.01. The van der Waals surface area contributed by atoms with E-state index in [9.17, 15) is 9.90 Å². The maximum atomic E-state index is 12.3. The van der Waals surface area contributed by atoms with Crippen molar-refractivity contribution >= 4 is 11.6 Å². The summed E-state index contributed by atoms with van der Waals surface area (Å²) < 4.78 is 0. The fraction of sp³-hybridized carbons (Fsp3) is 0.611.